The maximum Gasteiger partial charge on any atom is -0.0201 e. The Labute approximate surface area is 56.6 Å². The summed E-state index contributed by atoms with van der Waals surface area (Å²) in [5.41, 5.74) is 0.958. The summed E-state index contributed by atoms with van der Waals surface area (Å²) in [6.45, 7) is 4.78. The van der Waals surface area contributed by atoms with Gasteiger partial charge in [-0.2, -0.15) is 0 Å². The molecule has 3 unspecified atom stereocenters. The smallest absolute Gasteiger partial charge is 0.0201 e. The third-order valence-electron chi connectivity index (χ3n) is 4.42. The van der Waals surface area contributed by atoms with Crippen molar-refractivity contribution in [2.24, 2.45) is 29.1 Å². The fraction of sp³-hybridized carbons (Fsp3) is 1.00. The van der Waals surface area contributed by atoms with Gasteiger partial charge in [0.25, 0.3) is 0 Å². The summed E-state index contributed by atoms with van der Waals surface area (Å²) in [4.78, 5) is 0. The van der Waals surface area contributed by atoms with Crippen LogP contribution in [0.3, 0.4) is 0 Å². The number of rotatable bonds is 2. The standard InChI is InChI=1S/C9H14/c1-3-5(2)9-4-6-7(9)8(6)9/h5-8H,3-4H2,1-2H3. The van der Waals surface area contributed by atoms with E-state index in [9.17, 15) is 0 Å². The third-order valence-corrected chi connectivity index (χ3v) is 4.42. The van der Waals surface area contributed by atoms with Gasteiger partial charge in [-0.05, 0) is 35.5 Å². The van der Waals surface area contributed by atoms with Crippen molar-refractivity contribution in [1.29, 1.82) is 0 Å². The molecule has 0 saturated heterocycles. The van der Waals surface area contributed by atoms with E-state index in [0.29, 0.717) is 0 Å². The average molecular weight is 122 g/mol. The lowest BCUT2D eigenvalue weighted by molar-refractivity contribution is 0.0484. The van der Waals surface area contributed by atoms with Gasteiger partial charge in [0.1, 0.15) is 0 Å². The highest BCUT2D eigenvalue weighted by Gasteiger charge is 2.93. The van der Waals surface area contributed by atoms with Crippen LogP contribution in [0.25, 0.3) is 0 Å². The molecule has 0 N–H and O–H groups in total. The molecule has 9 heavy (non-hydrogen) atoms. The van der Waals surface area contributed by atoms with Crippen LogP contribution < -0.4 is 0 Å². The van der Waals surface area contributed by atoms with E-state index >= 15 is 0 Å². The Morgan fingerprint density at radius 2 is 2.22 bits per heavy atom. The predicted octanol–water partition coefficient (Wildman–Crippen LogP) is 2.30. The van der Waals surface area contributed by atoms with Crippen molar-refractivity contribution in [2.45, 2.75) is 26.7 Å². The molecule has 0 aliphatic heterocycles. The molecule has 0 spiro atoms. The molecule has 0 aromatic heterocycles. The molecular weight excluding hydrogens is 108 g/mol. The van der Waals surface area contributed by atoms with Crippen molar-refractivity contribution >= 4 is 0 Å². The fourth-order valence-corrected chi connectivity index (χ4v) is 3.43. The molecular formula is C9H14. The van der Waals surface area contributed by atoms with Crippen LogP contribution in [0.5, 0.6) is 0 Å². The van der Waals surface area contributed by atoms with Crippen molar-refractivity contribution in [3.8, 4) is 0 Å². The second-order valence-corrected chi connectivity index (χ2v) is 4.34. The predicted molar refractivity (Wildman–Crippen MR) is 37.0 cm³/mol. The van der Waals surface area contributed by atoms with Crippen molar-refractivity contribution in [1.82, 2.24) is 0 Å². The summed E-state index contributed by atoms with van der Waals surface area (Å²) in [5.74, 6) is 4.82. The molecule has 50 valence electrons. The summed E-state index contributed by atoms with van der Waals surface area (Å²) in [7, 11) is 0. The van der Waals surface area contributed by atoms with E-state index in [0.717, 1.165) is 11.3 Å². The minimum atomic E-state index is 0.958. The van der Waals surface area contributed by atoms with E-state index in [-0.39, 0.29) is 0 Å². The summed E-state index contributed by atoms with van der Waals surface area (Å²) in [6.07, 6.45) is 3.02. The van der Waals surface area contributed by atoms with Crippen molar-refractivity contribution in [2.75, 3.05) is 0 Å². The van der Waals surface area contributed by atoms with Gasteiger partial charge in [0.2, 0.25) is 0 Å². The lowest BCUT2D eigenvalue weighted by Gasteiger charge is -2.43. The first-order chi connectivity index (χ1) is 4.32. The lowest BCUT2D eigenvalue weighted by atomic mass is 9.61. The Hall–Kier alpha value is 0. The van der Waals surface area contributed by atoms with E-state index < -0.39 is 0 Å². The molecule has 0 heteroatoms. The van der Waals surface area contributed by atoms with Crippen LogP contribution in [0.4, 0.5) is 0 Å². The Kier molecular flexibility index (Phi) is 0.518. The zero-order valence-corrected chi connectivity index (χ0v) is 6.22. The van der Waals surface area contributed by atoms with Crippen molar-refractivity contribution in [3.63, 3.8) is 0 Å². The molecule has 4 aliphatic carbocycles. The van der Waals surface area contributed by atoms with Gasteiger partial charge < -0.3 is 0 Å². The van der Waals surface area contributed by atoms with Gasteiger partial charge in [-0.15, -0.1) is 0 Å². The quantitative estimate of drug-likeness (QED) is 0.527. The van der Waals surface area contributed by atoms with E-state index in [1.54, 1.807) is 6.42 Å². The minimum absolute atomic E-state index is 0.958. The van der Waals surface area contributed by atoms with Crippen LogP contribution in [0, 0.1) is 29.1 Å². The summed E-state index contributed by atoms with van der Waals surface area (Å²) >= 11 is 0. The van der Waals surface area contributed by atoms with Crippen LogP contribution in [-0.2, 0) is 0 Å². The summed E-state index contributed by atoms with van der Waals surface area (Å²) < 4.78 is 0. The van der Waals surface area contributed by atoms with Gasteiger partial charge in [-0.25, -0.2) is 0 Å². The van der Waals surface area contributed by atoms with Gasteiger partial charge in [-0.3, -0.25) is 0 Å². The summed E-state index contributed by atoms with van der Waals surface area (Å²) in [5, 5.41) is 0. The molecule has 4 fully saturated rings. The Morgan fingerprint density at radius 3 is 2.33 bits per heavy atom. The molecule has 0 aromatic rings. The molecule has 4 rings (SSSR count). The molecule has 4 aliphatic rings. The van der Waals surface area contributed by atoms with Gasteiger partial charge in [-0.1, -0.05) is 20.3 Å². The maximum atomic E-state index is 2.45. The van der Waals surface area contributed by atoms with E-state index in [2.05, 4.69) is 13.8 Å². The Morgan fingerprint density at radius 1 is 1.56 bits per heavy atom. The van der Waals surface area contributed by atoms with E-state index in [1.807, 2.05) is 0 Å². The molecule has 3 atom stereocenters. The summed E-state index contributed by atoms with van der Waals surface area (Å²) in [6, 6.07) is 0. The lowest BCUT2D eigenvalue weighted by Crippen LogP contribution is -2.37. The normalized spacial score (nSPS) is 68.0. The highest BCUT2D eigenvalue weighted by atomic mass is 15.0. The molecule has 2 bridgehead atoms. The molecule has 0 heterocycles. The second-order valence-electron chi connectivity index (χ2n) is 4.34. The van der Waals surface area contributed by atoms with Gasteiger partial charge in [0.15, 0.2) is 0 Å². The maximum absolute atomic E-state index is 2.45. The molecule has 0 aromatic carbocycles. The zero-order chi connectivity index (χ0) is 6.22. The highest BCUT2D eigenvalue weighted by Crippen LogP contribution is 2.98. The molecule has 0 nitrogen and oxygen atoms in total. The SMILES string of the molecule is CCC(C)C12CC3C1C32. The van der Waals surface area contributed by atoms with Crippen LogP contribution in [0.1, 0.15) is 26.7 Å². The van der Waals surface area contributed by atoms with Crippen LogP contribution in [-0.4, -0.2) is 0 Å². The van der Waals surface area contributed by atoms with Crippen LogP contribution in [0.15, 0.2) is 0 Å². The monoisotopic (exact) mass is 122 g/mol. The first-order valence-electron chi connectivity index (χ1n) is 4.32. The van der Waals surface area contributed by atoms with E-state index in [1.165, 1.54) is 24.2 Å². The molecule has 4 saturated carbocycles. The van der Waals surface area contributed by atoms with Crippen LogP contribution >= 0.6 is 0 Å². The fourth-order valence-electron chi connectivity index (χ4n) is 3.43. The third kappa shape index (κ3) is 0.264. The van der Waals surface area contributed by atoms with Gasteiger partial charge >= 0.3 is 0 Å². The Bertz CT molecular complexity index is 161. The van der Waals surface area contributed by atoms with Gasteiger partial charge in [0, 0.05) is 0 Å². The second kappa shape index (κ2) is 0.980. The number of hydrogen-bond acceptors (Lipinski definition) is 0. The molecule has 0 amide bonds. The first kappa shape index (κ1) is 4.76. The topological polar surface area (TPSA) is 0 Å². The van der Waals surface area contributed by atoms with Crippen molar-refractivity contribution < 1.29 is 0 Å². The van der Waals surface area contributed by atoms with Crippen LogP contribution in [0.2, 0.25) is 0 Å². The minimum Gasteiger partial charge on any atom is -0.0651 e. The van der Waals surface area contributed by atoms with Crippen molar-refractivity contribution in [3.05, 3.63) is 0 Å². The average Bonchev–Trinajstić information content (AvgIpc) is 2.52. The van der Waals surface area contributed by atoms with Gasteiger partial charge in [0.05, 0.1) is 0 Å². The highest BCUT2D eigenvalue weighted by molar-refractivity contribution is 5.40. The zero-order valence-electron chi connectivity index (χ0n) is 6.22. The largest absolute Gasteiger partial charge is 0.0651 e. The Balaban J connectivity index is 1.80. The molecule has 0 radical (unpaired) electrons. The number of hydrogen-bond donors (Lipinski definition) is 0. The van der Waals surface area contributed by atoms with E-state index in [4.69, 9.17) is 0 Å². The first-order valence-corrected chi connectivity index (χ1v) is 4.32.